The molecule has 1 saturated heterocycles. The summed E-state index contributed by atoms with van der Waals surface area (Å²) in [7, 11) is -7.50. The molecule has 1 aliphatic rings. The summed E-state index contributed by atoms with van der Waals surface area (Å²) in [6, 6.07) is 14.3. The molecule has 1 N–H and O–H groups in total. The van der Waals surface area contributed by atoms with Crippen LogP contribution in [0.5, 0.6) is 0 Å². The van der Waals surface area contributed by atoms with Crippen LogP contribution < -0.4 is 4.72 Å². The summed E-state index contributed by atoms with van der Waals surface area (Å²) in [5.74, 6) is 0. The fraction of sp³-hybridized carbons (Fsp3) is 0.286. The molecule has 0 bridgehead atoms. The molecule has 7 nitrogen and oxygen atoms in total. The van der Waals surface area contributed by atoms with Crippen LogP contribution in [0.15, 0.2) is 70.6 Å². The minimum absolute atomic E-state index is 0.0409. The quantitative estimate of drug-likeness (QED) is 0.647. The van der Waals surface area contributed by atoms with Gasteiger partial charge in [0, 0.05) is 29.9 Å². The number of sulfonamides is 2. The highest BCUT2D eigenvalue weighted by Gasteiger charge is 2.31. The van der Waals surface area contributed by atoms with Crippen LogP contribution in [0, 0.1) is 0 Å². The SMILES string of the molecule is CC1CCCCN1S(=O)(=O)c1ccc(NS(=O)(=O)c2cccc3cccnc23)cc1. The van der Waals surface area contributed by atoms with E-state index in [0.717, 1.165) is 24.6 Å². The van der Waals surface area contributed by atoms with Crippen LogP contribution in [-0.4, -0.2) is 38.7 Å². The highest BCUT2D eigenvalue weighted by atomic mass is 32.2. The lowest BCUT2D eigenvalue weighted by atomic mass is 10.1. The highest BCUT2D eigenvalue weighted by molar-refractivity contribution is 7.93. The van der Waals surface area contributed by atoms with Crippen molar-refractivity contribution < 1.29 is 16.8 Å². The van der Waals surface area contributed by atoms with E-state index in [1.807, 2.05) is 6.92 Å². The first-order chi connectivity index (χ1) is 14.3. The Morgan fingerprint density at radius 3 is 2.43 bits per heavy atom. The number of benzene rings is 2. The van der Waals surface area contributed by atoms with Crippen molar-refractivity contribution in [2.45, 2.75) is 42.0 Å². The summed E-state index contributed by atoms with van der Waals surface area (Å²) in [4.78, 5) is 4.42. The minimum atomic E-state index is -3.89. The van der Waals surface area contributed by atoms with Crippen molar-refractivity contribution in [2.24, 2.45) is 0 Å². The van der Waals surface area contributed by atoms with Gasteiger partial charge in [0.1, 0.15) is 4.90 Å². The molecule has 30 heavy (non-hydrogen) atoms. The Bertz CT molecular complexity index is 1270. The number of nitrogens with zero attached hydrogens (tertiary/aromatic N) is 2. The van der Waals surface area contributed by atoms with Crippen molar-refractivity contribution in [3.8, 4) is 0 Å². The molecule has 1 fully saturated rings. The fourth-order valence-corrected chi connectivity index (χ4v) is 6.70. The first-order valence-electron chi connectivity index (χ1n) is 9.77. The van der Waals surface area contributed by atoms with Crippen molar-refractivity contribution in [1.29, 1.82) is 0 Å². The lowest BCUT2D eigenvalue weighted by molar-refractivity contribution is 0.268. The lowest BCUT2D eigenvalue weighted by Gasteiger charge is -2.32. The first kappa shape index (κ1) is 20.8. The molecule has 0 aliphatic carbocycles. The van der Waals surface area contributed by atoms with Gasteiger partial charge in [-0.2, -0.15) is 4.31 Å². The molecule has 0 spiro atoms. The average Bonchev–Trinajstić information content (AvgIpc) is 2.73. The van der Waals surface area contributed by atoms with Gasteiger partial charge in [-0.05, 0) is 56.2 Å². The molecule has 2 heterocycles. The maximum atomic E-state index is 12.9. The van der Waals surface area contributed by atoms with Gasteiger partial charge in [-0.3, -0.25) is 9.71 Å². The molecule has 0 radical (unpaired) electrons. The summed E-state index contributed by atoms with van der Waals surface area (Å²) in [6.45, 7) is 2.42. The van der Waals surface area contributed by atoms with E-state index in [2.05, 4.69) is 9.71 Å². The van der Waals surface area contributed by atoms with Gasteiger partial charge in [-0.25, -0.2) is 16.8 Å². The molecule has 1 aromatic heterocycles. The second-order valence-electron chi connectivity index (χ2n) is 7.42. The van der Waals surface area contributed by atoms with Crippen molar-refractivity contribution in [3.63, 3.8) is 0 Å². The van der Waals surface area contributed by atoms with Gasteiger partial charge < -0.3 is 0 Å². The predicted molar refractivity (Wildman–Crippen MR) is 116 cm³/mol. The van der Waals surface area contributed by atoms with E-state index in [0.29, 0.717) is 12.1 Å². The number of nitrogens with one attached hydrogen (secondary N) is 1. The van der Waals surface area contributed by atoms with Gasteiger partial charge in [0.15, 0.2) is 0 Å². The maximum Gasteiger partial charge on any atom is 0.264 e. The largest absolute Gasteiger partial charge is 0.280 e. The third kappa shape index (κ3) is 3.92. The Hall–Kier alpha value is -2.49. The van der Waals surface area contributed by atoms with E-state index in [9.17, 15) is 16.8 Å². The normalized spacial score (nSPS) is 18.4. The van der Waals surface area contributed by atoms with E-state index < -0.39 is 20.0 Å². The Labute approximate surface area is 176 Å². The number of aromatic nitrogens is 1. The van der Waals surface area contributed by atoms with Crippen molar-refractivity contribution in [3.05, 3.63) is 60.8 Å². The number of fused-ring (bicyclic) bond motifs is 1. The van der Waals surface area contributed by atoms with Gasteiger partial charge in [0.05, 0.1) is 10.4 Å². The molecule has 1 aliphatic heterocycles. The number of piperidine rings is 1. The molecule has 1 atom stereocenters. The maximum absolute atomic E-state index is 12.9. The third-order valence-corrected chi connectivity index (χ3v) is 8.78. The van der Waals surface area contributed by atoms with Crippen LogP contribution in [0.4, 0.5) is 5.69 Å². The van der Waals surface area contributed by atoms with E-state index in [4.69, 9.17) is 0 Å². The van der Waals surface area contributed by atoms with Crippen LogP contribution in [0.25, 0.3) is 10.9 Å². The molecule has 4 rings (SSSR count). The Morgan fingerprint density at radius 1 is 0.967 bits per heavy atom. The topological polar surface area (TPSA) is 96.4 Å². The van der Waals surface area contributed by atoms with Gasteiger partial charge >= 0.3 is 0 Å². The highest BCUT2D eigenvalue weighted by Crippen LogP contribution is 2.27. The second-order valence-corrected chi connectivity index (χ2v) is 11.0. The average molecular weight is 446 g/mol. The number of hydrogen-bond donors (Lipinski definition) is 1. The van der Waals surface area contributed by atoms with Crippen molar-refractivity contribution in [1.82, 2.24) is 9.29 Å². The van der Waals surface area contributed by atoms with Crippen LogP contribution in [-0.2, 0) is 20.0 Å². The van der Waals surface area contributed by atoms with Crippen molar-refractivity contribution in [2.75, 3.05) is 11.3 Å². The molecule has 2 aromatic carbocycles. The van der Waals surface area contributed by atoms with Crippen LogP contribution >= 0.6 is 0 Å². The summed E-state index contributed by atoms with van der Waals surface area (Å²) in [6.07, 6.45) is 4.26. The molecule has 0 amide bonds. The zero-order valence-electron chi connectivity index (χ0n) is 16.5. The van der Waals surface area contributed by atoms with E-state index in [1.165, 1.54) is 34.6 Å². The molecule has 1 unspecified atom stereocenters. The van der Waals surface area contributed by atoms with Crippen LogP contribution in [0.1, 0.15) is 26.2 Å². The Morgan fingerprint density at radius 2 is 1.70 bits per heavy atom. The van der Waals surface area contributed by atoms with Crippen LogP contribution in [0.3, 0.4) is 0 Å². The summed E-state index contributed by atoms with van der Waals surface area (Å²) in [5.41, 5.74) is 0.666. The molecular weight excluding hydrogens is 422 g/mol. The molecule has 158 valence electrons. The van der Waals surface area contributed by atoms with Gasteiger partial charge in [0.2, 0.25) is 10.0 Å². The monoisotopic (exact) mass is 445 g/mol. The van der Waals surface area contributed by atoms with E-state index >= 15 is 0 Å². The van der Waals surface area contributed by atoms with E-state index in [-0.39, 0.29) is 21.5 Å². The third-order valence-electron chi connectivity index (χ3n) is 5.34. The van der Waals surface area contributed by atoms with Crippen LogP contribution in [0.2, 0.25) is 0 Å². The Kier molecular flexibility index (Phi) is 5.52. The number of rotatable bonds is 5. The number of pyridine rings is 1. The summed E-state index contributed by atoms with van der Waals surface area (Å²) < 4.78 is 55.7. The number of hydrogen-bond acceptors (Lipinski definition) is 5. The van der Waals surface area contributed by atoms with E-state index in [1.54, 1.807) is 30.5 Å². The zero-order valence-corrected chi connectivity index (χ0v) is 18.2. The molecule has 3 aromatic rings. The summed E-state index contributed by atoms with van der Waals surface area (Å²) in [5, 5.41) is 0.720. The smallest absolute Gasteiger partial charge is 0.264 e. The second kappa shape index (κ2) is 7.98. The number of anilines is 1. The van der Waals surface area contributed by atoms with Gasteiger partial charge in [0.25, 0.3) is 10.0 Å². The minimum Gasteiger partial charge on any atom is -0.280 e. The molecule has 9 heteroatoms. The standard InChI is InChI=1S/C21H23N3O4S2/c1-16-6-2-3-15-24(16)30(27,28)19-12-10-18(11-13-19)23-29(25,26)20-9-4-7-17-8-5-14-22-21(17)20/h4-5,7-14,16,23H,2-3,6,15H2,1H3. The Balaban J connectivity index is 1.60. The molecular formula is C21H23N3O4S2. The lowest BCUT2D eigenvalue weighted by Crippen LogP contribution is -2.41. The van der Waals surface area contributed by atoms with Gasteiger partial charge in [-0.15, -0.1) is 0 Å². The zero-order chi connectivity index (χ0) is 21.4. The van der Waals surface area contributed by atoms with Gasteiger partial charge in [-0.1, -0.05) is 24.6 Å². The van der Waals surface area contributed by atoms with Crippen molar-refractivity contribution >= 4 is 36.6 Å². The number of para-hydroxylation sites is 1. The first-order valence-corrected chi connectivity index (χ1v) is 12.7. The predicted octanol–water partition coefficient (Wildman–Crippen LogP) is 3.60. The summed E-state index contributed by atoms with van der Waals surface area (Å²) >= 11 is 0. The fourth-order valence-electron chi connectivity index (χ4n) is 3.76. The molecule has 0 saturated carbocycles.